The number of hydrogen-bond acceptors (Lipinski definition) is 8. The summed E-state index contributed by atoms with van der Waals surface area (Å²) in [5.41, 5.74) is 0.827. The molecule has 0 aliphatic carbocycles. The molecule has 0 heterocycles. The van der Waals surface area contributed by atoms with Gasteiger partial charge < -0.3 is 25.2 Å². The van der Waals surface area contributed by atoms with Gasteiger partial charge in [0.15, 0.2) is 5.78 Å². The van der Waals surface area contributed by atoms with Gasteiger partial charge in [-0.05, 0) is 19.0 Å². The molecule has 9 nitrogen and oxygen atoms in total. The number of ketones is 2. The molecule has 1 aromatic carbocycles. The largest absolute Gasteiger partial charge is 0.475 e. The summed E-state index contributed by atoms with van der Waals surface area (Å²) < 4.78 is 10.7. The van der Waals surface area contributed by atoms with Crippen molar-refractivity contribution in [3.63, 3.8) is 0 Å². The molecule has 0 bridgehead atoms. The molecule has 1 amide bonds. The summed E-state index contributed by atoms with van der Waals surface area (Å²) in [6.07, 6.45) is -0.0296. The lowest BCUT2D eigenvalue weighted by atomic mass is 9.93. The number of aliphatic carboxylic acids is 1. The average molecular weight is 469 g/mol. The molecule has 0 spiro atoms. The Kier molecular flexibility index (Phi) is 14.2. The first kappa shape index (κ1) is 27.8. The first-order valence-electron chi connectivity index (χ1n) is 10.4. The number of Topliss-reactive ketones (excluding diaryl/α,β-unsaturated/α-hetero) is 2. The minimum absolute atomic E-state index is 0.0547. The summed E-state index contributed by atoms with van der Waals surface area (Å²) in [4.78, 5) is 47.9. The standard InChI is InChI=1S/C22H32N2O7S/c1-23-8-10-31-12-11-30-9-7-20(26)24-18(13-16-5-3-2-4-6-16)19(25)14-17(15-32)21(27)22(28)29/h2-6,17-18,23,32H,7-15H2,1H3,(H,24,26)(H,28,29). The Bertz CT molecular complexity index is 730. The van der Waals surface area contributed by atoms with E-state index in [2.05, 4.69) is 23.3 Å². The Morgan fingerprint density at radius 3 is 2.28 bits per heavy atom. The van der Waals surface area contributed by atoms with E-state index in [1.807, 2.05) is 37.4 Å². The van der Waals surface area contributed by atoms with Gasteiger partial charge in [0, 0.05) is 31.1 Å². The van der Waals surface area contributed by atoms with Crippen LogP contribution in [0.25, 0.3) is 0 Å². The summed E-state index contributed by atoms with van der Waals surface area (Å²) in [6.45, 7) is 2.25. The highest BCUT2D eigenvalue weighted by Gasteiger charge is 2.30. The van der Waals surface area contributed by atoms with Gasteiger partial charge in [-0.15, -0.1) is 0 Å². The topological polar surface area (TPSA) is 131 Å². The lowest BCUT2D eigenvalue weighted by molar-refractivity contribution is -0.151. The second-order valence-corrected chi connectivity index (χ2v) is 7.47. The molecule has 0 aliphatic heterocycles. The molecule has 178 valence electrons. The lowest BCUT2D eigenvalue weighted by Gasteiger charge is -2.20. The highest BCUT2D eigenvalue weighted by atomic mass is 32.1. The third kappa shape index (κ3) is 11.4. The molecule has 10 heteroatoms. The summed E-state index contributed by atoms with van der Waals surface area (Å²) in [7, 11) is 1.83. The minimum atomic E-state index is -1.60. The van der Waals surface area contributed by atoms with Crippen molar-refractivity contribution in [2.45, 2.75) is 25.3 Å². The number of thiol groups is 1. The minimum Gasteiger partial charge on any atom is -0.475 e. The van der Waals surface area contributed by atoms with Crippen LogP contribution in [0, 0.1) is 5.92 Å². The van der Waals surface area contributed by atoms with E-state index in [1.54, 1.807) is 0 Å². The van der Waals surface area contributed by atoms with Gasteiger partial charge in [-0.3, -0.25) is 14.4 Å². The van der Waals surface area contributed by atoms with E-state index in [0.717, 1.165) is 12.1 Å². The van der Waals surface area contributed by atoms with Crippen LogP contribution in [0.5, 0.6) is 0 Å². The maximum Gasteiger partial charge on any atom is 0.372 e. The Labute approximate surface area is 193 Å². The predicted molar refractivity (Wildman–Crippen MR) is 122 cm³/mol. The number of nitrogens with one attached hydrogen (secondary N) is 2. The number of amides is 1. The SMILES string of the molecule is CNCCOCCOCCC(=O)NC(Cc1ccccc1)C(=O)CC(CS)C(=O)C(=O)O. The molecule has 0 saturated carbocycles. The summed E-state index contributed by atoms with van der Waals surface area (Å²) in [5, 5.41) is 14.6. The third-order valence-corrected chi connectivity index (χ3v) is 5.04. The zero-order chi connectivity index (χ0) is 23.8. The number of rotatable bonds is 18. The summed E-state index contributed by atoms with van der Waals surface area (Å²) in [5.74, 6) is -4.59. The normalized spacial score (nSPS) is 12.7. The van der Waals surface area contributed by atoms with Crippen molar-refractivity contribution < 1.29 is 33.8 Å². The molecule has 1 rings (SSSR count). The highest BCUT2D eigenvalue weighted by molar-refractivity contribution is 7.80. The smallest absolute Gasteiger partial charge is 0.372 e. The molecule has 0 radical (unpaired) electrons. The van der Waals surface area contributed by atoms with Crippen LogP contribution in [-0.2, 0) is 35.1 Å². The van der Waals surface area contributed by atoms with E-state index in [-0.39, 0.29) is 37.5 Å². The van der Waals surface area contributed by atoms with Gasteiger partial charge >= 0.3 is 5.97 Å². The van der Waals surface area contributed by atoms with Gasteiger partial charge in [0.25, 0.3) is 0 Å². The number of carboxylic acids is 1. The molecule has 2 unspecified atom stereocenters. The van der Waals surface area contributed by atoms with Crippen molar-refractivity contribution in [1.82, 2.24) is 10.6 Å². The van der Waals surface area contributed by atoms with E-state index < -0.39 is 29.5 Å². The lowest BCUT2D eigenvalue weighted by Crippen LogP contribution is -2.44. The van der Waals surface area contributed by atoms with Crippen LogP contribution in [0.4, 0.5) is 0 Å². The fraction of sp³-hybridized carbons (Fsp3) is 0.545. The van der Waals surface area contributed by atoms with Crippen molar-refractivity contribution in [3.05, 3.63) is 35.9 Å². The van der Waals surface area contributed by atoms with Crippen LogP contribution in [0.1, 0.15) is 18.4 Å². The van der Waals surface area contributed by atoms with Gasteiger partial charge in [0.05, 0.1) is 32.5 Å². The van der Waals surface area contributed by atoms with E-state index >= 15 is 0 Å². The van der Waals surface area contributed by atoms with E-state index in [4.69, 9.17) is 14.6 Å². The Morgan fingerprint density at radius 2 is 1.69 bits per heavy atom. The van der Waals surface area contributed by atoms with Crippen molar-refractivity contribution in [1.29, 1.82) is 0 Å². The quantitative estimate of drug-likeness (QED) is 0.139. The van der Waals surface area contributed by atoms with Crippen molar-refractivity contribution in [2.24, 2.45) is 5.92 Å². The molecule has 0 aromatic heterocycles. The molecule has 0 fully saturated rings. The Balaban J connectivity index is 2.61. The second kappa shape index (κ2) is 16.4. The zero-order valence-electron chi connectivity index (χ0n) is 18.2. The Hall–Kier alpha value is -2.27. The maximum atomic E-state index is 12.8. The van der Waals surface area contributed by atoms with Gasteiger partial charge in [-0.1, -0.05) is 30.3 Å². The number of ether oxygens (including phenoxy) is 2. The highest BCUT2D eigenvalue weighted by Crippen LogP contribution is 2.13. The molecular weight excluding hydrogens is 436 g/mol. The molecule has 32 heavy (non-hydrogen) atoms. The molecule has 0 saturated heterocycles. The molecule has 3 N–H and O–H groups in total. The fourth-order valence-electron chi connectivity index (χ4n) is 2.82. The number of likely N-dealkylation sites (N-methyl/N-ethyl adjacent to an activating group) is 1. The molecule has 2 atom stereocenters. The third-order valence-electron chi connectivity index (χ3n) is 4.60. The van der Waals surface area contributed by atoms with Gasteiger partial charge in [-0.2, -0.15) is 12.6 Å². The summed E-state index contributed by atoms with van der Waals surface area (Å²) in [6, 6.07) is 8.22. The van der Waals surface area contributed by atoms with Gasteiger partial charge in [-0.25, -0.2) is 4.79 Å². The number of benzene rings is 1. The van der Waals surface area contributed by atoms with E-state index in [1.165, 1.54) is 0 Å². The van der Waals surface area contributed by atoms with Crippen LogP contribution in [0.15, 0.2) is 30.3 Å². The summed E-state index contributed by atoms with van der Waals surface area (Å²) >= 11 is 4.00. The van der Waals surface area contributed by atoms with Crippen LogP contribution >= 0.6 is 12.6 Å². The second-order valence-electron chi connectivity index (χ2n) is 7.11. The van der Waals surface area contributed by atoms with E-state index in [9.17, 15) is 19.2 Å². The van der Waals surface area contributed by atoms with Crippen LogP contribution in [0.2, 0.25) is 0 Å². The van der Waals surface area contributed by atoms with Crippen LogP contribution in [-0.4, -0.2) is 80.4 Å². The van der Waals surface area contributed by atoms with E-state index in [0.29, 0.717) is 19.8 Å². The average Bonchev–Trinajstić information content (AvgIpc) is 2.78. The number of carbonyl (C=O) groups excluding carboxylic acids is 3. The van der Waals surface area contributed by atoms with Gasteiger partial charge in [0.2, 0.25) is 11.7 Å². The Morgan fingerprint density at radius 1 is 1.03 bits per heavy atom. The predicted octanol–water partition coefficient (Wildman–Crippen LogP) is 0.516. The first-order chi connectivity index (χ1) is 15.4. The molecule has 1 aromatic rings. The molecule has 0 aliphatic rings. The van der Waals surface area contributed by atoms with Crippen molar-refractivity contribution in [2.75, 3.05) is 45.8 Å². The van der Waals surface area contributed by atoms with Crippen LogP contribution < -0.4 is 10.6 Å². The van der Waals surface area contributed by atoms with Crippen molar-refractivity contribution >= 4 is 36.1 Å². The maximum absolute atomic E-state index is 12.8. The number of carboxylic acid groups (broad SMARTS) is 1. The fourth-order valence-corrected chi connectivity index (χ4v) is 3.12. The van der Waals surface area contributed by atoms with Gasteiger partial charge in [0.1, 0.15) is 0 Å². The number of hydrogen-bond donors (Lipinski definition) is 4. The van der Waals surface area contributed by atoms with Crippen LogP contribution in [0.3, 0.4) is 0 Å². The molecular formula is C22H32N2O7S. The number of carbonyl (C=O) groups is 4. The zero-order valence-corrected chi connectivity index (χ0v) is 19.1. The first-order valence-corrected chi connectivity index (χ1v) is 11.1. The monoisotopic (exact) mass is 468 g/mol. The van der Waals surface area contributed by atoms with Crippen molar-refractivity contribution in [3.8, 4) is 0 Å².